The van der Waals surface area contributed by atoms with Crippen LogP contribution in [0.15, 0.2) is 18.2 Å². The zero-order valence-electron chi connectivity index (χ0n) is 10.8. The van der Waals surface area contributed by atoms with Gasteiger partial charge in [0.05, 0.1) is 49.4 Å². The van der Waals surface area contributed by atoms with Gasteiger partial charge in [0.25, 0.3) is 11.6 Å². The summed E-state index contributed by atoms with van der Waals surface area (Å²) in [6, 6.07) is 4.27. The molecule has 1 amide bonds. The van der Waals surface area contributed by atoms with Gasteiger partial charge >= 0.3 is 0 Å². The first-order chi connectivity index (χ1) is 8.99. The van der Waals surface area contributed by atoms with Crippen LogP contribution in [0, 0.1) is 10.1 Å². The number of carbonyl (C=O) groups excluding carboxylic acids is 1. The van der Waals surface area contributed by atoms with Crippen LogP contribution in [0.1, 0.15) is 10.4 Å². The Bertz CT molecular complexity index is 510. The number of primary amides is 1. The molecule has 0 aliphatic carbocycles. The third kappa shape index (κ3) is 2.82. The molecule has 3 N–H and O–H groups in total. The maximum Gasteiger partial charge on any atom is 0.270 e. The molecule has 0 saturated carbocycles. The van der Waals surface area contributed by atoms with E-state index in [9.17, 15) is 14.9 Å². The first kappa shape index (κ1) is 13.3. The molecule has 7 heteroatoms. The predicted octanol–water partition coefficient (Wildman–Crippen LogP) is -0.972. The number of nitro benzene ring substituents is 1. The van der Waals surface area contributed by atoms with Gasteiger partial charge in [-0.15, -0.1) is 0 Å². The lowest BCUT2D eigenvalue weighted by atomic mass is 10.1. The van der Waals surface area contributed by atoms with Crippen LogP contribution in [-0.4, -0.2) is 44.1 Å². The smallest absolute Gasteiger partial charge is 0.270 e. The number of non-ortho nitro benzene ring substituents is 1. The summed E-state index contributed by atoms with van der Waals surface area (Å²) >= 11 is 0. The highest BCUT2D eigenvalue weighted by atomic mass is 16.6. The van der Waals surface area contributed by atoms with Crippen LogP contribution in [0.3, 0.4) is 0 Å². The van der Waals surface area contributed by atoms with Gasteiger partial charge in [0.15, 0.2) is 0 Å². The average Bonchev–Trinajstić information content (AvgIpc) is 2.38. The van der Waals surface area contributed by atoms with E-state index in [2.05, 4.69) is 11.9 Å². The topological polar surface area (TPSA) is 93.9 Å². The molecule has 1 aliphatic heterocycles. The van der Waals surface area contributed by atoms with E-state index < -0.39 is 10.8 Å². The van der Waals surface area contributed by atoms with E-state index in [4.69, 9.17) is 5.73 Å². The maximum absolute atomic E-state index is 11.5. The second-order valence-electron chi connectivity index (χ2n) is 4.77. The van der Waals surface area contributed by atoms with Crippen LogP contribution in [0.25, 0.3) is 0 Å². The molecule has 1 saturated heterocycles. The molecule has 102 valence electrons. The van der Waals surface area contributed by atoms with Crippen LogP contribution < -0.4 is 15.5 Å². The summed E-state index contributed by atoms with van der Waals surface area (Å²) in [7, 11) is 2.11. The second kappa shape index (κ2) is 5.23. The van der Waals surface area contributed by atoms with Gasteiger partial charge in [0, 0.05) is 12.1 Å². The molecule has 0 bridgehead atoms. The highest BCUT2D eigenvalue weighted by Gasteiger charge is 2.22. The molecule has 7 nitrogen and oxygen atoms in total. The first-order valence-electron chi connectivity index (χ1n) is 6.13. The SMILES string of the molecule is C[NH+]1CCN(c2ccc([N+](=O)[O-])cc2C(N)=O)CC1. The van der Waals surface area contributed by atoms with E-state index in [0.29, 0.717) is 5.69 Å². The molecule has 0 unspecified atom stereocenters. The van der Waals surface area contributed by atoms with Crippen molar-refractivity contribution in [3.8, 4) is 0 Å². The fourth-order valence-electron chi connectivity index (χ4n) is 2.24. The Morgan fingerprint density at radius 1 is 1.42 bits per heavy atom. The van der Waals surface area contributed by atoms with Gasteiger partial charge in [-0.3, -0.25) is 14.9 Å². The van der Waals surface area contributed by atoms with Crippen molar-refractivity contribution in [2.75, 3.05) is 38.1 Å². The second-order valence-corrected chi connectivity index (χ2v) is 4.77. The molecule has 0 radical (unpaired) electrons. The fraction of sp³-hybridized carbons (Fsp3) is 0.417. The Kier molecular flexibility index (Phi) is 3.66. The predicted molar refractivity (Wildman–Crippen MR) is 70.4 cm³/mol. The normalized spacial score (nSPS) is 16.4. The largest absolute Gasteiger partial charge is 0.366 e. The zero-order chi connectivity index (χ0) is 14.0. The minimum atomic E-state index is -0.634. The summed E-state index contributed by atoms with van der Waals surface area (Å²) in [6.45, 7) is 3.55. The summed E-state index contributed by atoms with van der Waals surface area (Å²) in [5, 5.41) is 10.7. The third-order valence-corrected chi connectivity index (χ3v) is 3.41. The summed E-state index contributed by atoms with van der Waals surface area (Å²) in [4.78, 5) is 25.2. The molecule has 2 rings (SSSR count). The van der Waals surface area contributed by atoms with E-state index in [1.165, 1.54) is 17.0 Å². The lowest BCUT2D eigenvalue weighted by Crippen LogP contribution is -3.12. The summed E-state index contributed by atoms with van der Waals surface area (Å²) in [6.07, 6.45) is 0. The number of nitrogens with two attached hydrogens (primary N) is 1. The highest BCUT2D eigenvalue weighted by Crippen LogP contribution is 2.25. The number of quaternary nitrogens is 1. The van der Waals surface area contributed by atoms with Gasteiger partial charge < -0.3 is 15.5 Å². The average molecular weight is 265 g/mol. The number of hydrogen-bond acceptors (Lipinski definition) is 4. The number of nitro groups is 1. The standard InChI is InChI=1S/C12H16N4O3/c1-14-4-6-15(7-5-14)11-3-2-9(16(18)19)8-10(11)12(13)17/h2-3,8H,4-7H2,1H3,(H2,13,17)/p+1. The number of piperazine rings is 1. The van der Waals surface area contributed by atoms with Crippen molar-refractivity contribution in [3.63, 3.8) is 0 Å². The quantitative estimate of drug-likeness (QED) is 0.543. The molecule has 19 heavy (non-hydrogen) atoms. The Balaban J connectivity index is 2.34. The van der Waals surface area contributed by atoms with E-state index >= 15 is 0 Å². The fourth-order valence-corrected chi connectivity index (χ4v) is 2.24. The molecule has 0 spiro atoms. The molecule has 1 fully saturated rings. The number of anilines is 1. The van der Waals surface area contributed by atoms with Gasteiger partial charge in [-0.1, -0.05) is 0 Å². The number of likely N-dealkylation sites (N-methyl/N-ethyl adjacent to an activating group) is 1. The van der Waals surface area contributed by atoms with Crippen molar-refractivity contribution < 1.29 is 14.6 Å². The molecule has 1 aromatic carbocycles. The van der Waals surface area contributed by atoms with Crippen molar-refractivity contribution >= 4 is 17.3 Å². The lowest BCUT2D eigenvalue weighted by molar-refractivity contribution is -0.880. The number of hydrogen-bond donors (Lipinski definition) is 2. The first-order valence-corrected chi connectivity index (χ1v) is 6.13. The number of nitrogens with one attached hydrogen (secondary N) is 1. The van der Waals surface area contributed by atoms with E-state index in [-0.39, 0.29) is 11.3 Å². The highest BCUT2D eigenvalue weighted by molar-refractivity contribution is 5.99. The molecule has 1 aromatic rings. The van der Waals surface area contributed by atoms with Gasteiger partial charge in [-0.2, -0.15) is 0 Å². The maximum atomic E-state index is 11.5. The molecule has 0 atom stereocenters. The monoisotopic (exact) mass is 265 g/mol. The van der Waals surface area contributed by atoms with Crippen LogP contribution in [-0.2, 0) is 0 Å². The van der Waals surface area contributed by atoms with Crippen molar-refractivity contribution in [3.05, 3.63) is 33.9 Å². The van der Waals surface area contributed by atoms with Crippen LogP contribution >= 0.6 is 0 Å². The Morgan fingerprint density at radius 2 is 2.05 bits per heavy atom. The Labute approximate surface area is 110 Å². The zero-order valence-corrected chi connectivity index (χ0v) is 10.8. The minimum Gasteiger partial charge on any atom is -0.366 e. The Morgan fingerprint density at radius 3 is 2.58 bits per heavy atom. The molecule has 1 heterocycles. The number of benzene rings is 1. The number of nitrogens with zero attached hydrogens (tertiary/aromatic N) is 2. The summed E-state index contributed by atoms with van der Waals surface area (Å²) in [5.74, 6) is -0.634. The number of amides is 1. The van der Waals surface area contributed by atoms with Gasteiger partial charge in [-0.25, -0.2) is 0 Å². The van der Waals surface area contributed by atoms with Gasteiger partial charge in [0.1, 0.15) is 0 Å². The minimum absolute atomic E-state index is 0.114. The van der Waals surface area contributed by atoms with Gasteiger partial charge in [0.2, 0.25) is 0 Å². The summed E-state index contributed by atoms with van der Waals surface area (Å²) < 4.78 is 0. The molecule has 1 aliphatic rings. The van der Waals surface area contributed by atoms with Crippen molar-refractivity contribution in [2.45, 2.75) is 0 Å². The summed E-state index contributed by atoms with van der Waals surface area (Å²) in [5.41, 5.74) is 6.11. The number of rotatable bonds is 3. The van der Waals surface area contributed by atoms with Gasteiger partial charge in [-0.05, 0) is 6.07 Å². The molecule has 0 aromatic heterocycles. The van der Waals surface area contributed by atoms with E-state index in [1.54, 1.807) is 6.07 Å². The molecular formula is C12H17N4O3+. The number of carbonyl (C=O) groups is 1. The van der Waals surface area contributed by atoms with E-state index in [0.717, 1.165) is 26.2 Å². The Hall–Kier alpha value is -2.15. The molecular weight excluding hydrogens is 248 g/mol. The van der Waals surface area contributed by atoms with Crippen LogP contribution in [0.5, 0.6) is 0 Å². The van der Waals surface area contributed by atoms with Crippen molar-refractivity contribution in [1.29, 1.82) is 0 Å². The third-order valence-electron chi connectivity index (χ3n) is 3.41. The van der Waals surface area contributed by atoms with Crippen molar-refractivity contribution in [1.82, 2.24) is 0 Å². The lowest BCUT2D eigenvalue weighted by Gasteiger charge is -2.32. The van der Waals surface area contributed by atoms with Crippen LogP contribution in [0.2, 0.25) is 0 Å². The van der Waals surface area contributed by atoms with E-state index in [1.807, 2.05) is 0 Å². The van der Waals surface area contributed by atoms with Crippen LogP contribution in [0.4, 0.5) is 11.4 Å². The van der Waals surface area contributed by atoms with Crippen molar-refractivity contribution in [2.24, 2.45) is 5.73 Å².